The number of anilines is 1. The minimum atomic E-state index is 0.361. The summed E-state index contributed by atoms with van der Waals surface area (Å²) in [6, 6.07) is 2.02. The van der Waals surface area contributed by atoms with Crippen LogP contribution in [0.3, 0.4) is 0 Å². The van der Waals surface area contributed by atoms with Crippen molar-refractivity contribution in [1.29, 1.82) is 0 Å². The molecule has 0 aliphatic heterocycles. The van der Waals surface area contributed by atoms with E-state index in [1.54, 1.807) is 0 Å². The molecule has 1 aromatic rings. The number of rotatable bonds is 3. The Hall–Kier alpha value is -1.16. The van der Waals surface area contributed by atoms with E-state index in [2.05, 4.69) is 24.3 Å². The van der Waals surface area contributed by atoms with Crippen LogP contribution in [0, 0.1) is 5.41 Å². The fourth-order valence-electron chi connectivity index (χ4n) is 3.05. The van der Waals surface area contributed by atoms with Crippen molar-refractivity contribution in [2.45, 2.75) is 57.8 Å². The molecule has 0 bridgehead atoms. The van der Waals surface area contributed by atoms with Crippen LogP contribution >= 0.6 is 0 Å². The molecule has 4 heteroatoms. The van der Waals surface area contributed by atoms with E-state index in [4.69, 9.17) is 10.8 Å². The Morgan fingerprint density at radius 1 is 1.28 bits per heavy atom. The molecule has 4 nitrogen and oxygen atoms in total. The summed E-state index contributed by atoms with van der Waals surface area (Å²) in [4.78, 5) is 9.35. The Morgan fingerprint density at radius 3 is 2.50 bits per heavy atom. The first-order chi connectivity index (χ1) is 8.60. The zero-order valence-corrected chi connectivity index (χ0v) is 11.2. The van der Waals surface area contributed by atoms with Gasteiger partial charge in [0.05, 0.1) is 0 Å². The third kappa shape index (κ3) is 2.09. The van der Waals surface area contributed by atoms with Gasteiger partial charge < -0.3 is 5.43 Å². The average Bonchev–Trinajstić information content (AvgIpc) is 2.83. The maximum Gasteiger partial charge on any atom is 0.143 e. The van der Waals surface area contributed by atoms with Crippen molar-refractivity contribution < 1.29 is 0 Å². The summed E-state index contributed by atoms with van der Waals surface area (Å²) in [5, 5.41) is 0. The van der Waals surface area contributed by atoms with E-state index in [1.165, 1.54) is 37.8 Å². The predicted octanol–water partition coefficient (Wildman–Crippen LogP) is 2.93. The van der Waals surface area contributed by atoms with E-state index in [0.29, 0.717) is 17.3 Å². The van der Waals surface area contributed by atoms with E-state index in [-0.39, 0.29) is 0 Å². The summed E-state index contributed by atoms with van der Waals surface area (Å²) in [6.45, 7) is 4.55. The highest BCUT2D eigenvalue weighted by Gasteiger charge is 2.48. The minimum Gasteiger partial charge on any atom is -0.308 e. The van der Waals surface area contributed by atoms with Gasteiger partial charge in [0.2, 0.25) is 0 Å². The maximum absolute atomic E-state index is 5.53. The maximum atomic E-state index is 5.53. The average molecular weight is 246 g/mol. The molecule has 2 saturated carbocycles. The van der Waals surface area contributed by atoms with Crippen LogP contribution in [0.2, 0.25) is 0 Å². The normalized spacial score (nSPS) is 26.3. The van der Waals surface area contributed by atoms with Crippen LogP contribution in [-0.2, 0) is 0 Å². The first-order valence-corrected chi connectivity index (χ1v) is 6.95. The lowest BCUT2D eigenvalue weighted by atomic mass is 10.0. The lowest BCUT2D eigenvalue weighted by Gasteiger charge is -2.12. The molecule has 3 rings (SSSR count). The first kappa shape index (κ1) is 11.9. The molecule has 2 fully saturated rings. The number of aromatic nitrogens is 2. The van der Waals surface area contributed by atoms with Crippen LogP contribution in [0.4, 0.5) is 5.82 Å². The van der Waals surface area contributed by atoms with Crippen molar-refractivity contribution >= 4 is 5.82 Å². The molecule has 2 aliphatic rings. The first-order valence-electron chi connectivity index (χ1n) is 6.95. The zero-order valence-electron chi connectivity index (χ0n) is 11.2. The lowest BCUT2D eigenvalue weighted by Crippen LogP contribution is -2.13. The van der Waals surface area contributed by atoms with Crippen LogP contribution in [-0.4, -0.2) is 9.97 Å². The molecule has 1 atom stereocenters. The van der Waals surface area contributed by atoms with Crippen molar-refractivity contribution in [3.63, 3.8) is 0 Å². The topological polar surface area (TPSA) is 63.8 Å². The van der Waals surface area contributed by atoms with Crippen LogP contribution in [0.5, 0.6) is 0 Å². The SMILES string of the molecule is CC1(C)CC1c1nc(NN)cc(C2CCCC2)n1. The van der Waals surface area contributed by atoms with Gasteiger partial charge in [-0.3, -0.25) is 0 Å². The van der Waals surface area contributed by atoms with Crippen LogP contribution in [0.15, 0.2) is 6.07 Å². The van der Waals surface area contributed by atoms with E-state index in [1.807, 2.05) is 6.07 Å². The quantitative estimate of drug-likeness (QED) is 0.636. The molecule has 1 heterocycles. The highest BCUT2D eigenvalue weighted by atomic mass is 15.3. The molecular formula is C14H22N4. The van der Waals surface area contributed by atoms with Gasteiger partial charge in [-0.2, -0.15) is 0 Å². The number of nitrogens with zero attached hydrogens (tertiary/aromatic N) is 2. The van der Waals surface area contributed by atoms with E-state index in [0.717, 1.165) is 11.6 Å². The number of nitrogens with one attached hydrogen (secondary N) is 1. The van der Waals surface area contributed by atoms with Crippen LogP contribution in [0.25, 0.3) is 0 Å². The third-order valence-electron chi connectivity index (χ3n) is 4.51. The summed E-state index contributed by atoms with van der Waals surface area (Å²) < 4.78 is 0. The Labute approximate surface area is 108 Å². The summed E-state index contributed by atoms with van der Waals surface area (Å²) >= 11 is 0. The molecule has 0 radical (unpaired) electrons. The highest BCUT2D eigenvalue weighted by Crippen LogP contribution is 2.57. The second kappa shape index (κ2) is 4.19. The number of hydrogen-bond acceptors (Lipinski definition) is 4. The Bertz CT molecular complexity index is 426. The minimum absolute atomic E-state index is 0.361. The standard InChI is InChI=1S/C14H22N4/c1-14(2)8-10(14)13-16-11(7-12(17-13)18-15)9-5-3-4-6-9/h7,9-10H,3-6,8,15H2,1-2H3,(H,16,17,18). The van der Waals surface area contributed by atoms with Crippen molar-refractivity contribution in [2.24, 2.45) is 11.3 Å². The van der Waals surface area contributed by atoms with Gasteiger partial charge in [0, 0.05) is 23.6 Å². The number of hydrogen-bond donors (Lipinski definition) is 2. The molecular weight excluding hydrogens is 224 g/mol. The Balaban J connectivity index is 1.92. The van der Waals surface area contributed by atoms with Crippen LogP contribution in [0.1, 0.15) is 69.3 Å². The van der Waals surface area contributed by atoms with Gasteiger partial charge in [0.25, 0.3) is 0 Å². The van der Waals surface area contributed by atoms with Crippen molar-refractivity contribution in [3.05, 3.63) is 17.6 Å². The lowest BCUT2D eigenvalue weighted by molar-refractivity contribution is 0.601. The highest BCUT2D eigenvalue weighted by molar-refractivity contribution is 5.37. The van der Waals surface area contributed by atoms with Crippen molar-refractivity contribution in [1.82, 2.24) is 9.97 Å². The largest absolute Gasteiger partial charge is 0.308 e. The Morgan fingerprint density at radius 2 is 1.94 bits per heavy atom. The number of nitrogen functional groups attached to an aromatic ring is 1. The van der Waals surface area contributed by atoms with Gasteiger partial charge in [-0.15, -0.1) is 0 Å². The molecule has 18 heavy (non-hydrogen) atoms. The summed E-state index contributed by atoms with van der Waals surface area (Å²) in [5.74, 6) is 8.40. The molecule has 0 aromatic carbocycles. The predicted molar refractivity (Wildman–Crippen MR) is 72.2 cm³/mol. The smallest absolute Gasteiger partial charge is 0.143 e. The van der Waals surface area contributed by atoms with E-state index in [9.17, 15) is 0 Å². The third-order valence-corrected chi connectivity index (χ3v) is 4.51. The van der Waals surface area contributed by atoms with Crippen molar-refractivity contribution in [3.8, 4) is 0 Å². The summed E-state index contributed by atoms with van der Waals surface area (Å²) in [6.07, 6.45) is 6.35. The molecule has 98 valence electrons. The van der Waals surface area contributed by atoms with E-state index >= 15 is 0 Å². The number of nitrogens with two attached hydrogens (primary N) is 1. The Kier molecular flexibility index (Phi) is 2.77. The fraction of sp³-hybridized carbons (Fsp3) is 0.714. The van der Waals surface area contributed by atoms with Gasteiger partial charge in [-0.25, -0.2) is 15.8 Å². The summed E-state index contributed by atoms with van der Waals surface area (Å²) in [5.41, 5.74) is 4.24. The molecule has 0 amide bonds. The second-order valence-electron chi connectivity index (χ2n) is 6.41. The second-order valence-corrected chi connectivity index (χ2v) is 6.41. The van der Waals surface area contributed by atoms with E-state index < -0.39 is 0 Å². The molecule has 1 unspecified atom stereocenters. The van der Waals surface area contributed by atoms with Gasteiger partial charge in [0.1, 0.15) is 11.6 Å². The van der Waals surface area contributed by atoms with Gasteiger partial charge in [-0.1, -0.05) is 26.7 Å². The molecule has 1 aromatic heterocycles. The van der Waals surface area contributed by atoms with Gasteiger partial charge in [0.15, 0.2) is 0 Å². The van der Waals surface area contributed by atoms with Gasteiger partial charge >= 0.3 is 0 Å². The van der Waals surface area contributed by atoms with Crippen LogP contribution < -0.4 is 11.3 Å². The molecule has 0 saturated heterocycles. The molecule has 2 aliphatic carbocycles. The molecule has 0 spiro atoms. The summed E-state index contributed by atoms with van der Waals surface area (Å²) in [7, 11) is 0. The monoisotopic (exact) mass is 246 g/mol. The fourth-order valence-corrected chi connectivity index (χ4v) is 3.05. The van der Waals surface area contributed by atoms with Crippen molar-refractivity contribution in [2.75, 3.05) is 5.43 Å². The van der Waals surface area contributed by atoms with Gasteiger partial charge in [-0.05, 0) is 24.7 Å². The number of hydrazine groups is 1. The zero-order chi connectivity index (χ0) is 12.8. The molecule has 3 N–H and O–H groups in total.